The fraction of sp³-hybridized carbons (Fsp3) is 0.400. The van der Waals surface area contributed by atoms with E-state index in [1.165, 1.54) is 18.6 Å². The molecular formula is C25H27F3N2O. The molecule has 1 N–H and O–H groups in total. The summed E-state index contributed by atoms with van der Waals surface area (Å²) in [7, 11) is 0. The van der Waals surface area contributed by atoms with Crippen molar-refractivity contribution >= 4 is 16.8 Å². The predicted molar refractivity (Wildman–Crippen MR) is 116 cm³/mol. The lowest BCUT2D eigenvalue weighted by Gasteiger charge is -2.22. The highest BCUT2D eigenvalue weighted by atomic mass is 19.4. The van der Waals surface area contributed by atoms with Gasteiger partial charge in [0, 0.05) is 29.7 Å². The molecule has 1 aliphatic rings. The number of amides is 1. The largest absolute Gasteiger partial charge is 0.416 e. The lowest BCUT2D eigenvalue weighted by molar-refractivity contribution is -0.137. The molecule has 4 rings (SSSR count). The van der Waals surface area contributed by atoms with Crippen molar-refractivity contribution in [2.45, 2.75) is 64.2 Å². The van der Waals surface area contributed by atoms with E-state index in [0.717, 1.165) is 66.4 Å². The predicted octanol–water partition coefficient (Wildman–Crippen LogP) is 6.33. The number of carbonyl (C=O) groups excluding carboxylic acids is 1. The van der Waals surface area contributed by atoms with Crippen LogP contribution in [-0.4, -0.2) is 16.5 Å². The van der Waals surface area contributed by atoms with Crippen LogP contribution in [0.5, 0.6) is 0 Å². The Kier molecular flexibility index (Phi) is 6.08. The van der Waals surface area contributed by atoms with Gasteiger partial charge >= 0.3 is 6.18 Å². The molecule has 3 nitrogen and oxygen atoms in total. The number of hydrogen-bond acceptors (Lipinski definition) is 1. The van der Waals surface area contributed by atoms with Crippen molar-refractivity contribution in [1.82, 2.24) is 9.88 Å². The Balaban J connectivity index is 1.67. The van der Waals surface area contributed by atoms with Crippen LogP contribution in [-0.2, 0) is 19.1 Å². The maximum absolute atomic E-state index is 13.2. The number of benzene rings is 2. The van der Waals surface area contributed by atoms with Gasteiger partial charge in [0.15, 0.2) is 0 Å². The zero-order valence-electron chi connectivity index (χ0n) is 17.6. The Bertz CT molecular complexity index is 1060. The molecule has 0 bridgehead atoms. The maximum Gasteiger partial charge on any atom is 0.416 e. The average Bonchev–Trinajstić information content (AvgIpc) is 3.14. The van der Waals surface area contributed by atoms with Crippen LogP contribution in [0.1, 0.15) is 66.1 Å². The van der Waals surface area contributed by atoms with Crippen molar-refractivity contribution in [2.75, 3.05) is 0 Å². The quantitative estimate of drug-likeness (QED) is 0.506. The van der Waals surface area contributed by atoms with E-state index in [2.05, 4.69) is 9.88 Å². The van der Waals surface area contributed by atoms with E-state index in [0.29, 0.717) is 12.0 Å². The maximum atomic E-state index is 13.2. The van der Waals surface area contributed by atoms with Crippen molar-refractivity contribution < 1.29 is 18.0 Å². The fourth-order valence-electron chi connectivity index (χ4n) is 4.55. The second-order valence-corrected chi connectivity index (χ2v) is 8.32. The summed E-state index contributed by atoms with van der Waals surface area (Å²) in [5.41, 5.74) is 2.69. The summed E-state index contributed by atoms with van der Waals surface area (Å²) in [4.78, 5) is 13.2. The van der Waals surface area contributed by atoms with Gasteiger partial charge < -0.3 is 9.88 Å². The van der Waals surface area contributed by atoms with Crippen molar-refractivity contribution in [1.29, 1.82) is 0 Å². The first-order valence-corrected chi connectivity index (χ1v) is 10.9. The van der Waals surface area contributed by atoms with Gasteiger partial charge in [0.2, 0.25) is 0 Å². The van der Waals surface area contributed by atoms with Crippen molar-refractivity contribution in [2.24, 2.45) is 0 Å². The van der Waals surface area contributed by atoms with Crippen LogP contribution in [0.4, 0.5) is 13.2 Å². The van der Waals surface area contributed by atoms with E-state index in [1.807, 2.05) is 31.3 Å². The molecule has 3 aromatic rings. The van der Waals surface area contributed by atoms with Gasteiger partial charge in [-0.25, -0.2) is 0 Å². The van der Waals surface area contributed by atoms with Crippen molar-refractivity contribution in [3.05, 3.63) is 70.9 Å². The van der Waals surface area contributed by atoms with Gasteiger partial charge in [-0.3, -0.25) is 4.79 Å². The molecule has 1 heterocycles. The van der Waals surface area contributed by atoms with Crippen molar-refractivity contribution in [3.63, 3.8) is 0 Å². The normalized spacial score (nSPS) is 15.4. The van der Waals surface area contributed by atoms with Crippen molar-refractivity contribution in [3.8, 4) is 0 Å². The molecular weight excluding hydrogens is 401 g/mol. The van der Waals surface area contributed by atoms with Gasteiger partial charge in [0.1, 0.15) is 0 Å². The first-order chi connectivity index (χ1) is 14.9. The molecule has 0 atom stereocenters. The third-order valence-electron chi connectivity index (χ3n) is 6.19. The summed E-state index contributed by atoms with van der Waals surface area (Å²) in [6.45, 7) is 2.77. The first-order valence-electron chi connectivity index (χ1n) is 10.9. The van der Waals surface area contributed by atoms with Crippen LogP contribution in [0.2, 0.25) is 0 Å². The summed E-state index contributed by atoms with van der Waals surface area (Å²) in [5, 5.41) is 4.09. The Hall–Kier alpha value is -2.76. The van der Waals surface area contributed by atoms with E-state index >= 15 is 0 Å². The van der Waals surface area contributed by atoms with E-state index < -0.39 is 11.7 Å². The minimum atomic E-state index is -4.35. The van der Waals surface area contributed by atoms with Crippen LogP contribution in [0, 0.1) is 0 Å². The van der Waals surface area contributed by atoms with Gasteiger partial charge in [-0.05, 0) is 55.5 Å². The van der Waals surface area contributed by atoms with Gasteiger partial charge in [0.25, 0.3) is 5.91 Å². The Morgan fingerprint density at radius 2 is 1.77 bits per heavy atom. The Morgan fingerprint density at radius 3 is 2.42 bits per heavy atom. The number of carbonyl (C=O) groups is 1. The number of alkyl halides is 3. The smallest absolute Gasteiger partial charge is 0.349 e. The minimum Gasteiger partial charge on any atom is -0.349 e. The number of nitrogens with zero attached hydrogens (tertiary/aromatic N) is 1. The Morgan fingerprint density at radius 1 is 1.06 bits per heavy atom. The molecule has 1 aromatic heterocycles. The number of hydrogen-bond donors (Lipinski definition) is 1. The molecule has 0 unspecified atom stereocenters. The molecule has 6 heteroatoms. The molecule has 1 fully saturated rings. The van der Waals surface area contributed by atoms with E-state index in [4.69, 9.17) is 0 Å². The summed E-state index contributed by atoms with van der Waals surface area (Å²) in [6.07, 6.45) is 3.54. The number of halogens is 3. The van der Waals surface area contributed by atoms with Crippen LogP contribution >= 0.6 is 0 Å². The zero-order valence-corrected chi connectivity index (χ0v) is 17.6. The number of rotatable bonds is 5. The van der Waals surface area contributed by atoms with Gasteiger partial charge in [-0.15, -0.1) is 0 Å². The number of aryl methyl sites for hydroxylation is 1. The van der Waals surface area contributed by atoms with E-state index in [-0.39, 0.29) is 11.9 Å². The number of nitrogens with one attached hydrogen (secondary N) is 1. The first kappa shape index (κ1) is 21.5. The molecule has 31 heavy (non-hydrogen) atoms. The summed E-state index contributed by atoms with van der Waals surface area (Å²) in [5.74, 6) is -0.0658. The lowest BCUT2D eigenvalue weighted by atomic mass is 9.95. The number of aromatic nitrogens is 1. The van der Waals surface area contributed by atoms with Gasteiger partial charge in [0.05, 0.1) is 11.1 Å². The monoisotopic (exact) mass is 428 g/mol. The molecule has 1 saturated carbocycles. The molecule has 0 aliphatic heterocycles. The zero-order chi connectivity index (χ0) is 22.0. The summed E-state index contributed by atoms with van der Waals surface area (Å²) in [6, 6.07) is 11.4. The highest BCUT2D eigenvalue weighted by Gasteiger charge is 2.30. The highest BCUT2D eigenvalue weighted by Crippen LogP contribution is 2.31. The van der Waals surface area contributed by atoms with Crippen LogP contribution in [0.3, 0.4) is 0 Å². The minimum absolute atomic E-state index is 0.0658. The molecule has 0 saturated heterocycles. The molecule has 0 radical (unpaired) electrons. The van der Waals surface area contributed by atoms with E-state index in [9.17, 15) is 18.0 Å². The lowest BCUT2D eigenvalue weighted by Crippen LogP contribution is -2.36. The van der Waals surface area contributed by atoms with Gasteiger partial charge in [-0.2, -0.15) is 13.2 Å². The van der Waals surface area contributed by atoms with E-state index in [1.54, 1.807) is 0 Å². The second-order valence-electron chi connectivity index (χ2n) is 8.32. The number of fused-ring (bicyclic) bond motifs is 1. The molecule has 164 valence electrons. The summed E-state index contributed by atoms with van der Waals surface area (Å²) < 4.78 is 40.7. The van der Waals surface area contributed by atoms with Crippen LogP contribution in [0.25, 0.3) is 10.9 Å². The third-order valence-corrected chi connectivity index (χ3v) is 6.19. The summed E-state index contributed by atoms with van der Waals surface area (Å²) >= 11 is 0. The average molecular weight is 428 g/mol. The molecule has 2 aromatic carbocycles. The Labute approximate surface area is 180 Å². The molecule has 0 spiro atoms. The standard InChI is InChI=1S/C25H27F3N2O/c1-2-30-16-21(24(31)29-20-8-4-3-5-9-20)23-18(7-6-10-22(23)30)15-17-11-13-19(14-12-17)25(26,27)28/h6-7,10-14,16,20H,2-5,8-9,15H2,1H3,(H,29,31). The molecule has 1 aliphatic carbocycles. The molecule has 1 amide bonds. The fourth-order valence-corrected chi connectivity index (χ4v) is 4.55. The topological polar surface area (TPSA) is 34.0 Å². The highest BCUT2D eigenvalue weighted by molar-refractivity contribution is 6.08. The van der Waals surface area contributed by atoms with Crippen LogP contribution < -0.4 is 5.32 Å². The third kappa shape index (κ3) is 4.63. The second kappa shape index (κ2) is 8.77. The van der Waals surface area contributed by atoms with Gasteiger partial charge in [-0.1, -0.05) is 43.5 Å². The SMILES string of the molecule is CCn1cc(C(=O)NC2CCCCC2)c2c(Cc3ccc(C(F)(F)F)cc3)cccc21. The van der Waals surface area contributed by atoms with Crippen LogP contribution in [0.15, 0.2) is 48.7 Å².